The zero-order chi connectivity index (χ0) is 21.8. The first kappa shape index (κ1) is 21.7. The van der Waals surface area contributed by atoms with Gasteiger partial charge in [-0.05, 0) is 43.2 Å². The van der Waals surface area contributed by atoms with Crippen molar-refractivity contribution in [3.8, 4) is 11.4 Å². The molecule has 3 aromatic rings. The maximum absolute atomic E-state index is 13.3. The van der Waals surface area contributed by atoms with Crippen molar-refractivity contribution in [2.24, 2.45) is 0 Å². The van der Waals surface area contributed by atoms with Gasteiger partial charge in [-0.2, -0.15) is 0 Å². The number of para-hydroxylation sites is 1. The summed E-state index contributed by atoms with van der Waals surface area (Å²) >= 11 is 7.49. The molecule has 1 aliphatic rings. The zero-order valence-electron chi connectivity index (χ0n) is 17.0. The van der Waals surface area contributed by atoms with Crippen LogP contribution in [0.1, 0.15) is 12.8 Å². The average Bonchev–Trinajstić information content (AvgIpc) is 3.30. The molecule has 2 aromatic carbocycles. The van der Waals surface area contributed by atoms with Gasteiger partial charge in [-0.15, -0.1) is 0 Å². The molecule has 1 atom stereocenters. The molecule has 0 radical (unpaired) electrons. The van der Waals surface area contributed by atoms with Crippen molar-refractivity contribution in [1.82, 2.24) is 14.9 Å². The summed E-state index contributed by atoms with van der Waals surface area (Å²) in [4.78, 5) is 30.3. The van der Waals surface area contributed by atoms with Crippen molar-refractivity contribution in [3.63, 3.8) is 0 Å². The van der Waals surface area contributed by atoms with Crippen LogP contribution in [-0.4, -0.2) is 47.6 Å². The number of aromatic nitrogens is 2. The van der Waals surface area contributed by atoms with Gasteiger partial charge in [-0.1, -0.05) is 35.5 Å². The molecule has 1 aliphatic heterocycles. The molecule has 4 rings (SSSR count). The Morgan fingerprint density at radius 3 is 2.94 bits per heavy atom. The highest BCUT2D eigenvalue weighted by molar-refractivity contribution is 7.99. The van der Waals surface area contributed by atoms with E-state index in [1.54, 1.807) is 36.4 Å². The fourth-order valence-corrected chi connectivity index (χ4v) is 4.54. The van der Waals surface area contributed by atoms with Crippen LogP contribution < -0.4 is 15.6 Å². The lowest BCUT2D eigenvalue weighted by Crippen LogP contribution is -2.33. The zero-order valence-corrected chi connectivity index (χ0v) is 18.5. The van der Waals surface area contributed by atoms with Crippen LogP contribution in [0.5, 0.6) is 5.75 Å². The number of carbonyl (C=O) groups is 1. The van der Waals surface area contributed by atoms with Crippen LogP contribution in [-0.2, 0) is 9.53 Å². The Hall–Kier alpha value is -2.55. The quantitative estimate of drug-likeness (QED) is 0.430. The number of ether oxygens (including phenoxy) is 2. The Labute approximate surface area is 188 Å². The van der Waals surface area contributed by atoms with Crippen molar-refractivity contribution >= 4 is 40.2 Å². The summed E-state index contributed by atoms with van der Waals surface area (Å²) < 4.78 is 12.2. The second-order valence-electron chi connectivity index (χ2n) is 7.10. The Morgan fingerprint density at radius 2 is 2.19 bits per heavy atom. The number of benzene rings is 2. The fourth-order valence-electron chi connectivity index (χ4n) is 3.45. The summed E-state index contributed by atoms with van der Waals surface area (Å²) in [6.45, 7) is 1.23. The maximum atomic E-state index is 13.3. The van der Waals surface area contributed by atoms with Crippen molar-refractivity contribution in [3.05, 3.63) is 57.8 Å². The largest absolute Gasteiger partial charge is 0.495 e. The number of carbonyl (C=O) groups excluding carboxylic acids is 1. The Kier molecular flexibility index (Phi) is 6.80. The highest BCUT2D eigenvalue weighted by Gasteiger charge is 2.18. The number of fused-ring (bicyclic) bond motifs is 1. The molecule has 162 valence electrons. The number of hydrogen-bond donors (Lipinski definition) is 1. The molecule has 0 saturated carbocycles. The van der Waals surface area contributed by atoms with E-state index < -0.39 is 0 Å². The van der Waals surface area contributed by atoms with Crippen molar-refractivity contribution in [2.45, 2.75) is 24.1 Å². The Bertz CT molecular complexity index is 1160. The molecule has 1 aromatic heterocycles. The van der Waals surface area contributed by atoms with E-state index >= 15 is 0 Å². The first-order valence-corrected chi connectivity index (χ1v) is 11.3. The number of nitrogens with one attached hydrogen (secondary N) is 1. The van der Waals surface area contributed by atoms with Gasteiger partial charge in [0.2, 0.25) is 5.91 Å². The van der Waals surface area contributed by atoms with Gasteiger partial charge in [0.05, 0.1) is 40.6 Å². The maximum Gasteiger partial charge on any atom is 0.266 e. The van der Waals surface area contributed by atoms with Gasteiger partial charge >= 0.3 is 0 Å². The standard InChI is InChI=1S/C22H22ClN3O4S/c1-29-19-9-8-14(11-17(19)23)26-21(28)16-6-2-3-7-18(16)25-22(26)31-13-20(27)24-12-15-5-4-10-30-15/h2-3,6-9,11,15H,4-5,10,12-13H2,1H3,(H,24,27). The van der Waals surface area contributed by atoms with Gasteiger partial charge in [-0.25, -0.2) is 4.98 Å². The summed E-state index contributed by atoms with van der Waals surface area (Å²) in [5, 5.41) is 4.17. The minimum absolute atomic E-state index is 0.0763. The third kappa shape index (κ3) is 4.87. The van der Waals surface area contributed by atoms with E-state index in [0.717, 1.165) is 19.4 Å². The molecule has 7 nitrogen and oxygen atoms in total. The summed E-state index contributed by atoms with van der Waals surface area (Å²) in [6.07, 6.45) is 2.05. The van der Waals surface area contributed by atoms with Crippen LogP contribution in [0.4, 0.5) is 0 Å². The summed E-state index contributed by atoms with van der Waals surface area (Å²) in [6, 6.07) is 12.2. The van der Waals surface area contributed by atoms with E-state index in [9.17, 15) is 9.59 Å². The van der Waals surface area contributed by atoms with E-state index in [2.05, 4.69) is 10.3 Å². The molecule has 0 bridgehead atoms. The lowest BCUT2D eigenvalue weighted by Gasteiger charge is -2.15. The number of thioether (sulfide) groups is 1. The van der Waals surface area contributed by atoms with E-state index in [1.807, 2.05) is 6.07 Å². The van der Waals surface area contributed by atoms with Gasteiger partial charge in [0, 0.05) is 13.2 Å². The number of nitrogens with zero attached hydrogens (tertiary/aromatic N) is 2. The summed E-state index contributed by atoms with van der Waals surface area (Å²) in [7, 11) is 1.53. The normalized spacial score (nSPS) is 15.9. The molecule has 1 fully saturated rings. The molecule has 2 heterocycles. The minimum Gasteiger partial charge on any atom is -0.495 e. The Morgan fingerprint density at radius 1 is 1.35 bits per heavy atom. The monoisotopic (exact) mass is 459 g/mol. The predicted molar refractivity (Wildman–Crippen MR) is 122 cm³/mol. The van der Waals surface area contributed by atoms with Crippen LogP contribution in [0.3, 0.4) is 0 Å². The van der Waals surface area contributed by atoms with E-state index in [-0.39, 0.29) is 23.3 Å². The van der Waals surface area contributed by atoms with Crippen LogP contribution in [0.25, 0.3) is 16.6 Å². The van der Waals surface area contributed by atoms with Crippen molar-refractivity contribution in [1.29, 1.82) is 0 Å². The number of methoxy groups -OCH3 is 1. The van der Waals surface area contributed by atoms with Gasteiger partial charge in [0.25, 0.3) is 5.56 Å². The van der Waals surface area contributed by atoms with Gasteiger partial charge in [0.1, 0.15) is 5.75 Å². The Balaban J connectivity index is 1.63. The highest BCUT2D eigenvalue weighted by atomic mass is 35.5. The molecule has 1 unspecified atom stereocenters. The molecule has 1 saturated heterocycles. The third-order valence-corrected chi connectivity index (χ3v) is 6.26. The van der Waals surface area contributed by atoms with E-state index in [4.69, 9.17) is 21.1 Å². The average molecular weight is 460 g/mol. The number of amides is 1. The van der Waals surface area contributed by atoms with Crippen LogP contribution in [0.2, 0.25) is 5.02 Å². The first-order valence-electron chi connectivity index (χ1n) is 9.93. The fraction of sp³-hybridized carbons (Fsp3) is 0.318. The molecule has 0 aliphatic carbocycles. The molecule has 31 heavy (non-hydrogen) atoms. The van der Waals surface area contributed by atoms with Crippen LogP contribution in [0, 0.1) is 0 Å². The van der Waals surface area contributed by atoms with Crippen LogP contribution in [0.15, 0.2) is 52.4 Å². The topological polar surface area (TPSA) is 82.4 Å². The summed E-state index contributed by atoms with van der Waals surface area (Å²) in [5.74, 6) is 0.499. The second-order valence-corrected chi connectivity index (χ2v) is 8.45. The van der Waals surface area contributed by atoms with E-state index in [0.29, 0.717) is 39.1 Å². The number of hydrogen-bond acceptors (Lipinski definition) is 6. The molecule has 1 amide bonds. The van der Waals surface area contributed by atoms with Crippen molar-refractivity contribution in [2.75, 3.05) is 26.0 Å². The number of halogens is 1. The molecule has 1 N–H and O–H groups in total. The van der Waals surface area contributed by atoms with Crippen LogP contribution >= 0.6 is 23.4 Å². The minimum atomic E-state index is -0.228. The second kappa shape index (κ2) is 9.72. The van der Waals surface area contributed by atoms with Gasteiger partial charge in [-0.3, -0.25) is 14.2 Å². The smallest absolute Gasteiger partial charge is 0.266 e. The van der Waals surface area contributed by atoms with Gasteiger partial charge < -0.3 is 14.8 Å². The first-order chi connectivity index (χ1) is 15.1. The molecule has 0 spiro atoms. The lowest BCUT2D eigenvalue weighted by molar-refractivity contribution is -0.119. The third-order valence-electron chi connectivity index (χ3n) is 5.02. The van der Waals surface area contributed by atoms with Gasteiger partial charge in [0.15, 0.2) is 5.16 Å². The SMILES string of the molecule is COc1ccc(-n2c(SCC(=O)NCC3CCCO3)nc3ccccc3c2=O)cc1Cl. The molecular weight excluding hydrogens is 438 g/mol. The lowest BCUT2D eigenvalue weighted by atomic mass is 10.2. The van der Waals surface area contributed by atoms with Crippen molar-refractivity contribution < 1.29 is 14.3 Å². The highest BCUT2D eigenvalue weighted by Crippen LogP contribution is 2.28. The molecule has 9 heteroatoms. The van der Waals surface area contributed by atoms with E-state index in [1.165, 1.54) is 23.4 Å². The summed E-state index contributed by atoms with van der Waals surface area (Å²) in [5.41, 5.74) is 0.899. The predicted octanol–water partition coefficient (Wildman–Crippen LogP) is 3.44. The molecular formula is C22H22ClN3O4S. The number of rotatable bonds is 7.